The van der Waals surface area contributed by atoms with Crippen molar-refractivity contribution in [3.05, 3.63) is 24.3 Å². The highest BCUT2D eigenvalue weighted by Crippen LogP contribution is 2.45. The fourth-order valence-corrected chi connectivity index (χ4v) is 2.01. The predicted molar refractivity (Wildman–Crippen MR) is 76.8 cm³/mol. The lowest BCUT2D eigenvalue weighted by Crippen LogP contribution is -2.68. The van der Waals surface area contributed by atoms with Gasteiger partial charge in [0.2, 0.25) is 17.2 Å². The first-order chi connectivity index (χ1) is 11.6. The molecule has 25 heavy (non-hydrogen) atoms. The lowest BCUT2D eigenvalue weighted by molar-refractivity contribution is -0.247. The molecule has 0 aliphatic heterocycles. The first-order valence-electron chi connectivity index (χ1n) is 6.98. The summed E-state index contributed by atoms with van der Waals surface area (Å²) < 4.78 is 99.0. The molecule has 0 spiro atoms. The van der Waals surface area contributed by atoms with Crippen LogP contribution in [0.4, 0.5) is 36.4 Å². The molecule has 1 N–H and O–H groups in total. The van der Waals surface area contributed by atoms with Crippen LogP contribution in [0.25, 0.3) is 0 Å². The molecule has 2 atom stereocenters. The van der Waals surface area contributed by atoms with E-state index in [1.807, 2.05) is 0 Å². The van der Waals surface area contributed by atoms with Crippen molar-refractivity contribution in [2.75, 3.05) is 32.0 Å². The van der Waals surface area contributed by atoms with Crippen LogP contribution < -0.4 is 10.1 Å². The van der Waals surface area contributed by atoms with E-state index in [2.05, 4.69) is 10.1 Å². The van der Waals surface area contributed by atoms with Crippen molar-refractivity contribution in [3.63, 3.8) is 0 Å². The summed E-state index contributed by atoms with van der Waals surface area (Å²) in [7, 11) is 0. The summed E-state index contributed by atoms with van der Waals surface area (Å²) in [6.07, 6.45) is 0. The minimum atomic E-state index is -4.57. The molecule has 0 fully saturated rings. The summed E-state index contributed by atoms with van der Waals surface area (Å²) in [5, 5.41) is 2.34. The van der Waals surface area contributed by atoms with Gasteiger partial charge in [0, 0.05) is 12.6 Å². The Balaban J connectivity index is 3.18. The molecule has 0 saturated carbocycles. The van der Waals surface area contributed by atoms with Crippen LogP contribution in [-0.2, 0) is 4.79 Å². The Kier molecular flexibility index (Phi) is 6.67. The molecule has 0 radical (unpaired) electrons. The number of hydrogen-bond acceptors (Lipinski definition) is 2. The van der Waals surface area contributed by atoms with Crippen molar-refractivity contribution in [1.82, 2.24) is 0 Å². The number of alkyl halides is 7. The molecule has 0 aliphatic rings. The minimum absolute atomic E-state index is 0.217. The van der Waals surface area contributed by atoms with Gasteiger partial charge in [-0.05, 0) is 24.3 Å². The second-order valence-electron chi connectivity index (χ2n) is 5.34. The summed E-state index contributed by atoms with van der Waals surface area (Å²) in [6.45, 7) is -8.64. The van der Waals surface area contributed by atoms with E-state index in [0.717, 1.165) is 24.3 Å². The molecule has 0 bridgehead atoms. The smallest absolute Gasteiger partial charge is 0.316 e. The molecule has 1 aromatic carbocycles. The molecule has 2 unspecified atom stereocenters. The Morgan fingerprint density at radius 2 is 1.48 bits per heavy atom. The van der Waals surface area contributed by atoms with Gasteiger partial charge >= 0.3 is 5.85 Å². The van der Waals surface area contributed by atoms with Gasteiger partial charge in [0.15, 0.2) is 6.67 Å². The lowest BCUT2D eigenvalue weighted by Gasteiger charge is -2.41. The van der Waals surface area contributed by atoms with Crippen molar-refractivity contribution in [2.24, 2.45) is 0 Å². The summed E-state index contributed by atoms with van der Waals surface area (Å²) in [5.41, 5.74) is -8.64. The van der Waals surface area contributed by atoms with Gasteiger partial charge in [-0.15, -0.1) is 0 Å². The van der Waals surface area contributed by atoms with Crippen LogP contribution in [0.15, 0.2) is 24.3 Å². The number of carbonyl (C=O) groups excluding carboxylic acids is 1. The second kappa shape index (κ2) is 7.92. The van der Waals surface area contributed by atoms with Crippen LogP contribution in [0.3, 0.4) is 0 Å². The van der Waals surface area contributed by atoms with Gasteiger partial charge in [0.05, 0.1) is 0 Å². The highest BCUT2D eigenvalue weighted by Gasteiger charge is 2.70. The zero-order valence-electron chi connectivity index (χ0n) is 13.1. The van der Waals surface area contributed by atoms with Crippen molar-refractivity contribution in [1.29, 1.82) is 0 Å². The van der Waals surface area contributed by atoms with Crippen LogP contribution in [-0.4, -0.2) is 49.8 Å². The van der Waals surface area contributed by atoms with Gasteiger partial charge in [-0.25, -0.2) is 26.3 Å². The first kappa shape index (κ1) is 21.0. The number of amides is 1. The highest BCUT2D eigenvalue weighted by atomic mass is 19.2. The van der Waals surface area contributed by atoms with Gasteiger partial charge in [-0.3, -0.25) is 4.79 Å². The minimum Gasteiger partial charge on any atom is -0.452 e. The van der Waals surface area contributed by atoms with Gasteiger partial charge in [0.1, 0.15) is 25.8 Å². The zero-order chi connectivity index (χ0) is 19.3. The third-order valence-electron chi connectivity index (χ3n) is 3.54. The largest absolute Gasteiger partial charge is 0.452 e. The SMILES string of the molecule is CC(=O)Nc1ccc(OC(F)(CF)C(F)(CF)C(F)(CF)CF)cc1. The molecular formula is C15H16F7NO2. The standard InChI is InChI=1S/C15H16F7NO2/c1-10(24)23-11-2-4-12(5-3-11)25-15(22,9-19)14(21,8-18)13(20,6-16)7-17/h2-5H,6-9H2,1H3,(H,23,24). The number of rotatable bonds is 9. The monoisotopic (exact) mass is 375 g/mol. The average Bonchev–Trinajstić information content (AvgIpc) is 2.61. The van der Waals surface area contributed by atoms with Crippen LogP contribution in [0, 0.1) is 0 Å². The number of halogens is 7. The van der Waals surface area contributed by atoms with Gasteiger partial charge in [-0.1, -0.05) is 0 Å². The van der Waals surface area contributed by atoms with Crippen molar-refractivity contribution >= 4 is 11.6 Å². The van der Waals surface area contributed by atoms with Crippen LogP contribution >= 0.6 is 0 Å². The van der Waals surface area contributed by atoms with E-state index in [9.17, 15) is 35.5 Å². The Bertz CT molecular complexity index is 582. The maximum Gasteiger partial charge on any atom is 0.316 e. The molecule has 0 heterocycles. The normalized spacial score (nSPS) is 16.6. The quantitative estimate of drug-likeness (QED) is 0.663. The maximum atomic E-state index is 14.6. The molecule has 1 rings (SSSR count). The molecule has 0 aliphatic carbocycles. The molecule has 142 valence electrons. The molecule has 3 nitrogen and oxygen atoms in total. The Morgan fingerprint density at radius 3 is 1.84 bits per heavy atom. The average molecular weight is 375 g/mol. The summed E-state index contributed by atoms with van der Waals surface area (Å²) >= 11 is 0. The molecule has 10 heteroatoms. The molecule has 0 aromatic heterocycles. The maximum absolute atomic E-state index is 14.6. The van der Waals surface area contributed by atoms with Crippen molar-refractivity contribution in [3.8, 4) is 5.75 Å². The van der Waals surface area contributed by atoms with E-state index < -0.39 is 55.5 Å². The van der Waals surface area contributed by atoms with Gasteiger partial charge in [0.25, 0.3) is 0 Å². The van der Waals surface area contributed by atoms with E-state index in [1.165, 1.54) is 6.92 Å². The Morgan fingerprint density at radius 1 is 0.960 bits per heavy atom. The van der Waals surface area contributed by atoms with Gasteiger partial charge < -0.3 is 10.1 Å². The number of anilines is 1. The van der Waals surface area contributed by atoms with E-state index in [-0.39, 0.29) is 5.69 Å². The number of carbonyl (C=O) groups is 1. The van der Waals surface area contributed by atoms with E-state index in [4.69, 9.17) is 0 Å². The Labute approximate surface area is 139 Å². The number of benzene rings is 1. The molecule has 0 saturated heterocycles. The molecular weight excluding hydrogens is 359 g/mol. The number of nitrogens with one attached hydrogen (secondary N) is 1. The topological polar surface area (TPSA) is 38.3 Å². The van der Waals surface area contributed by atoms with Crippen molar-refractivity contribution in [2.45, 2.75) is 24.1 Å². The summed E-state index contributed by atoms with van der Waals surface area (Å²) in [5.74, 6) is -5.35. The van der Waals surface area contributed by atoms with E-state index in [0.29, 0.717) is 0 Å². The zero-order valence-corrected chi connectivity index (χ0v) is 13.1. The summed E-state index contributed by atoms with van der Waals surface area (Å²) in [4.78, 5) is 10.9. The van der Waals surface area contributed by atoms with E-state index in [1.54, 1.807) is 0 Å². The number of hydrogen-bond donors (Lipinski definition) is 1. The third-order valence-corrected chi connectivity index (χ3v) is 3.54. The fourth-order valence-electron chi connectivity index (χ4n) is 2.01. The fraction of sp³-hybridized carbons (Fsp3) is 0.533. The molecule has 1 amide bonds. The van der Waals surface area contributed by atoms with Crippen LogP contribution in [0.2, 0.25) is 0 Å². The van der Waals surface area contributed by atoms with Gasteiger partial charge in [-0.2, -0.15) is 4.39 Å². The first-order valence-corrected chi connectivity index (χ1v) is 6.98. The lowest BCUT2D eigenvalue weighted by atomic mass is 9.82. The highest BCUT2D eigenvalue weighted by molar-refractivity contribution is 5.88. The Hall–Kier alpha value is -2.00. The van der Waals surface area contributed by atoms with Crippen molar-refractivity contribution < 1.29 is 40.3 Å². The van der Waals surface area contributed by atoms with E-state index >= 15 is 0 Å². The number of ether oxygens (including phenoxy) is 1. The molecule has 1 aromatic rings. The second-order valence-corrected chi connectivity index (χ2v) is 5.34. The third kappa shape index (κ3) is 3.98. The van der Waals surface area contributed by atoms with Crippen LogP contribution in [0.5, 0.6) is 5.75 Å². The summed E-state index contributed by atoms with van der Waals surface area (Å²) in [6, 6.07) is 4.19. The predicted octanol–water partition coefficient (Wildman–Crippen LogP) is 3.98. The van der Waals surface area contributed by atoms with Crippen LogP contribution in [0.1, 0.15) is 6.92 Å².